The molecule has 0 saturated carbocycles. The third kappa shape index (κ3) is 2.80. The van der Waals surface area contributed by atoms with Gasteiger partial charge in [0.15, 0.2) is 5.82 Å². The smallest absolute Gasteiger partial charge is 0.161 e. The fraction of sp³-hybridized carbons (Fsp3) is 0.231. The molecule has 2 aromatic rings. The number of aromatic nitrogens is 2. The molecule has 0 aliphatic heterocycles. The van der Waals surface area contributed by atoms with Gasteiger partial charge < -0.3 is 0 Å². The van der Waals surface area contributed by atoms with Crippen molar-refractivity contribution in [2.45, 2.75) is 20.3 Å². The average Bonchev–Trinajstić information content (AvgIpc) is 2.26. The number of halogens is 2. The van der Waals surface area contributed by atoms with Crippen molar-refractivity contribution in [1.82, 2.24) is 9.97 Å². The first kappa shape index (κ1) is 12.0. The molecule has 1 aromatic heterocycles. The number of nitrogens with zero attached hydrogens (tertiary/aromatic N) is 2. The minimum atomic E-state index is -0.290. The molecule has 1 aromatic carbocycles. The third-order valence-electron chi connectivity index (χ3n) is 2.41. The topological polar surface area (TPSA) is 25.8 Å². The molecule has 1 heterocycles. The van der Waals surface area contributed by atoms with Crippen molar-refractivity contribution in [2.24, 2.45) is 0 Å². The number of hydrogen-bond acceptors (Lipinski definition) is 2. The lowest BCUT2D eigenvalue weighted by Gasteiger charge is -2.05. The van der Waals surface area contributed by atoms with Gasteiger partial charge in [0, 0.05) is 11.3 Å². The molecular weight excluding hydrogens is 239 g/mol. The van der Waals surface area contributed by atoms with E-state index in [-0.39, 0.29) is 5.82 Å². The molecule has 0 unspecified atom stereocenters. The van der Waals surface area contributed by atoms with E-state index in [1.807, 2.05) is 19.9 Å². The Bertz CT molecular complexity index is 535. The Kier molecular flexibility index (Phi) is 3.38. The molecule has 0 fully saturated rings. The molecule has 17 heavy (non-hydrogen) atoms. The first-order chi connectivity index (χ1) is 8.08. The van der Waals surface area contributed by atoms with E-state index in [9.17, 15) is 4.39 Å². The van der Waals surface area contributed by atoms with E-state index in [0.29, 0.717) is 16.5 Å². The van der Waals surface area contributed by atoms with E-state index in [4.69, 9.17) is 11.6 Å². The maximum absolute atomic E-state index is 13.3. The molecule has 0 amide bonds. The van der Waals surface area contributed by atoms with Gasteiger partial charge in [-0.3, -0.25) is 0 Å². The highest BCUT2D eigenvalue weighted by atomic mass is 35.5. The summed E-state index contributed by atoms with van der Waals surface area (Å²) < 4.78 is 13.3. The van der Waals surface area contributed by atoms with E-state index >= 15 is 0 Å². The van der Waals surface area contributed by atoms with Gasteiger partial charge in [0.25, 0.3) is 0 Å². The molecule has 0 aliphatic rings. The fourth-order valence-corrected chi connectivity index (χ4v) is 1.85. The maximum atomic E-state index is 13.3. The normalized spacial score (nSPS) is 10.6. The average molecular weight is 251 g/mol. The lowest BCUT2D eigenvalue weighted by molar-refractivity contribution is 0.627. The predicted molar refractivity (Wildman–Crippen MR) is 66.6 cm³/mol. The zero-order valence-corrected chi connectivity index (χ0v) is 10.4. The van der Waals surface area contributed by atoms with Crippen molar-refractivity contribution in [2.75, 3.05) is 0 Å². The number of benzene rings is 1. The van der Waals surface area contributed by atoms with E-state index < -0.39 is 0 Å². The predicted octanol–water partition coefficient (Wildman–Crippen LogP) is 3.81. The molecular formula is C13H12ClFN2. The summed E-state index contributed by atoms with van der Waals surface area (Å²) in [4.78, 5) is 8.46. The minimum Gasteiger partial charge on any atom is -0.233 e. The van der Waals surface area contributed by atoms with Crippen LogP contribution in [0.1, 0.15) is 18.2 Å². The highest BCUT2D eigenvalue weighted by Crippen LogP contribution is 2.20. The van der Waals surface area contributed by atoms with Gasteiger partial charge in [0.1, 0.15) is 11.0 Å². The van der Waals surface area contributed by atoms with Crippen LogP contribution in [0.3, 0.4) is 0 Å². The maximum Gasteiger partial charge on any atom is 0.161 e. The Balaban J connectivity index is 2.55. The molecule has 0 N–H and O–H groups in total. The summed E-state index contributed by atoms with van der Waals surface area (Å²) in [5, 5.41) is 0.383. The van der Waals surface area contributed by atoms with E-state index in [1.54, 1.807) is 6.07 Å². The number of rotatable bonds is 2. The van der Waals surface area contributed by atoms with Crippen LogP contribution >= 0.6 is 11.6 Å². The van der Waals surface area contributed by atoms with Crippen LogP contribution in [0.2, 0.25) is 5.15 Å². The summed E-state index contributed by atoms with van der Waals surface area (Å²) in [6, 6.07) is 6.44. The largest absolute Gasteiger partial charge is 0.233 e. The SMILES string of the molecule is CCc1cc(Cl)nc(-c2cc(C)cc(F)c2)n1. The first-order valence-electron chi connectivity index (χ1n) is 5.39. The monoisotopic (exact) mass is 250 g/mol. The fourth-order valence-electron chi connectivity index (χ4n) is 1.64. The van der Waals surface area contributed by atoms with Crippen LogP contribution in [0.15, 0.2) is 24.3 Å². The van der Waals surface area contributed by atoms with Crippen molar-refractivity contribution in [3.05, 3.63) is 46.5 Å². The van der Waals surface area contributed by atoms with E-state index in [2.05, 4.69) is 9.97 Å². The highest BCUT2D eigenvalue weighted by molar-refractivity contribution is 6.29. The molecule has 2 nitrogen and oxygen atoms in total. The van der Waals surface area contributed by atoms with Crippen LogP contribution in [-0.2, 0) is 6.42 Å². The van der Waals surface area contributed by atoms with Crippen LogP contribution in [-0.4, -0.2) is 9.97 Å². The summed E-state index contributed by atoms with van der Waals surface area (Å²) >= 11 is 5.91. The van der Waals surface area contributed by atoms with Gasteiger partial charge in [0.2, 0.25) is 0 Å². The van der Waals surface area contributed by atoms with Crippen molar-refractivity contribution in [1.29, 1.82) is 0 Å². The molecule has 0 atom stereocenters. The third-order valence-corrected chi connectivity index (χ3v) is 2.60. The van der Waals surface area contributed by atoms with Gasteiger partial charge in [-0.2, -0.15) is 0 Å². The standard InChI is InChI=1S/C13H12ClFN2/c1-3-11-7-12(14)17-13(16-11)9-4-8(2)5-10(15)6-9/h4-7H,3H2,1-2H3. The Hall–Kier alpha value is -1.48. The van der Waals surface area contributed by atoms with Gasteiger partial charge in [-0.1, -0.05) is 18.5 Å². The first-order valence-corrected chi connectivity index (χ1v) is 5.77. The highest BCUT2D eigenvalue weighted by Gasteiger charge is 2.07. The Morgan fingerprint density at radius 1 is 1.18 bits per heavy atom. The van der Waals surface area contributed by atoms with Gasteiger partial charge in [-0.05, 0) is 43.2 Å². The molecule has 0 radical (unpaired) electrons. The molecule has 0 aliphatic carbocycles. The number of hydrogen-bond donors (Lipinski definition) is 0. The van der Waals surface area contributed by atoms with Gasteiger partial charge in [-0.15, -0.1) is 0 Å². The number of aryl methyl sites for hydroxylation is 2. The molecule has 0 spiro atoms. The van der Waals surface area contributed by atoms with Crippen molar-refractivity contribution in [3.8, 4) is 11.4 Å². The van der Waals surface area contributed by atoms with Crippen LogP contribution in [0, 0.1) is 12.7 Å². The van der Waals surface area contributed by atoms with Crippen molar-refractivity contribution >= 4 is 11.6 Å². The lowest BCUT2D eigenvalue weighted by atomic mass is 10.1. The van der Waals surface area contributed by atoms with Crippen molar-refractivity contribution in [3.63, 3.8) is 0 Å². The summed E-state index contributed by atoms with van der Waals surface area (Å²) in [6.07, 6.45) is 0.767. The zero-order chi connectivity index (χ0) is 12.4. The van der Waals surface area contributed by atoms with Crippen molar-refractivity contribution < 1.29 is 4.39 Å². The second kappa shape index (κ2) is 4.80. The van der Waals surface area contributed by atoms with Gasteiger partial charge in [0.05, 0.1) is 0 Å². The molecule has 0 saturated heterocycles. The summed E-state index contributed by atoms with van der Waals surface area (Å²) in [5.41, 5.74) is 2.34. The molecule has 88 valence electrons. The second-order valence-electron chi connectivity index (χ2n) is 3.88. The Morgan fingerprint density at radius 3 is 2.59 bits per heavy atom. The lowest BCUT2D eigenvalue weighted by Crippen LogP contribution is -1.96. The van der Waals surface area contributed by atoms with Crippen LogP contribution in [0.25, 0.3) is 11.4 Å². The van der Waals surface area contributed by atoms with E-state index in [0.717, 1.165) is 17.7 Å². The summed E-state index contributed by atoms with van der Waals surface area (Å²) in [7, 11) is 0. The van der Waals surface area contributed by atoms with Crippen LogP contribution in [0.5, 0.6) is 0 Å². The Labute approximate surface area is 104 Å². The summed E-state index contributed by atoms with van der Waals surface area (Å²) in [6.45, 7) is 3.82. The molecule has 0 bridgehead atoms. The molecule has 2 rings (SSSR count). The summed E-state index contributed by atoms with van der Waals surface area (Å²) in [5.74, 6) is 0.179. The quantitative estimate of drug-likeness (QED) is 0.758. The Morgan fingerprint density at radius 2 is 1.94 bits per heavy atom. The van der Waals surface area contributed by atoms with Gasteiger partial charge >= 0.3 is 0 Å². The van der Waals surface area contributed by atoms with Crippen LogP contribution < -0.4 is 0 Å². The molecule has 4 heteroatoms. The van der Waals surface area contributed by atoms with Gasteiger partial charge in [-0.25, -0.2) is 14.4 Å². The second-order valence-corrected chi connectivity index (χ2v) is 4.26. The van der Waals surface area contributed by atoms with Crippen LogP contribution in [0.4, 0.5) is 4.39 Å². The van der Waals surface area contributed by atoms with E-state index in [1.165, 1.54) is 12.1 Å². The zero-order valence-electron chi connectivity index (χ0n) is 9.67. The minimum absolute atomic E-state index is 0.290.